The summed E-state index contributed by atoms with van der Waals surface area (Å²) in [5.74, 6) is 0.431. The summed E-state index contributed by atoms with van der Waals surface area (Å²) in [6.07, 6.45) is 4.04. The first-order valence-corrected chi connectivity index (χ1v) is 6.17. The van der Waals surface area contributed by atoms with Crippen molar-refractivity contribution in [2.75, 3.05) is 18.4 Å². The molecule has 92 valence electrons. The average molecular weight is 254 g/mol. The van der Waals surface area contributed by atoms with Gasteiger partial charge >= 0.3 is 0 Å². The highest BCUT2D eigenvalue weighted by atomic mass is 35.5. The lowest BCUT2D eigenvalue weighted by Crippen LogP contribution is -2.40. The Balaban J connectivity index is 2.03. The first-order chi connectivity index (χ1) is 8.18. The van der Waals surface area contributed by atoms with Crippen molar-refractivity contribution in [3.8, 4) is 0 Å². The van der Waals surface area contributed by atoms with E-state index in [2.05, 4.69) is 22.5 Å². The summed E-state index contributed by atoms with van der Waals surface area (Å²) in [5.41, 5.74) is 0.588. The molecular weight excluding hydrogens is 238 g/mol. The number of pyridine rings is 1. The van der Waals surface area contributed by atoms with E-state index >= 15 is 0 Å². The maximum absolute atomic E-state index is 12.1. The topological polar surface area (TPSA) is 54.0 Å². The number of nitrogens with one attached hydrogen (secondary N) is 2. The lowest BCUT2D eigenvalue weighted by Gasteiger charge is -2.28. The van der Waals surface area contributed by atoms with Crippen LogP contribution in [0.5, 0.6) is 0 Å². The molecule has 1 aliphatic rings. The second-order valence-electron chi connectivity index (χ2n) is 4.42. The van der Waals surface area contributed by atoms with Crippen LogP contribution < -0.4 is 10.6 Å². The molecule has 2 unspecified atom stereocenters. The van der Waals surface area contributed by atoms with Crippen molar-refractivity contribution in [3.05, 3.63) is 23.5 Å². The van der Waals surface area contributed by atoms with Crippen LogP contribution in [0.4, 0.5) is 5.69 Å². The molecule has 2 rings (SSSR count). The highest BCUT2D eigenvalue weighted by molar-refractivity contribution is 6.33. The second-order valence-corrected chi connectivity index (χ2v) is 4.83. The van der Waals surface area contributed by atoms with Gasteiger partial charge in [0.15, 0.2) is 0 Å². The van der Waals surface area contributed by atoms with Crippen molar-refractivity contribution in [2.24, 2.45) is 11.8 Å². The smallest absolute Gasteiger partial charge is 0.227 e. The Morgan fingerprint density at radius 2 is 2.47 bits per heavy atom. The molecule has 0 aromatic carbocycles. The van der Waals surface area contributed by atoms with Gasteiger partial charge in [-0.3, -0.25) is 9.78 Å². The number of hydrogen-bond acceptors (Lipinski definition) is 3. The molecular formula is C12H16ClN3O. The zero-order valence-corrected chi connectivity index (χ0v) is 10.5. The summed E-state index contributed by atoms with van der Waals surface area (Å²) in [5, 5.41) is 6.65. The number of piperidine rings is 1. The number of rotatable bonds is 2. The molecule has 2 heterocycles. The number of halogens is 1. The third-order valence-electron chi connectivity index (χ3n) is 3.15. The molecule has 1 aromatic rings. The SMILES string of the molecule is CC1CNCCC1C(=O)Nc1cnccc1Cl. The summed E-state index contributed by atoms with van der Waals surface area (Å²) in [7, 11) is 0. The normalized spacial score (nSPS) is 24.4. The fourth-order valence-corrected chi connectivity index (χ4v) is 2.25. The molecule has 0 bridgehead atoms. The van der Waals surface area contributed by atoms with Crippen molar-refractivity contribution in [2.45, 2.75) is 13.3 Å². The summed E-state index contributed by atoms with van der Waals surface area (Å²) in [4.78, 5) is 16.1. The monoisotopic (exact) mass is 253 g/mol. The van der Waals surface area contributed by atoms with E-state index in [-0.39, 0.29) is 11.8 Å². The van der Waals surface area contributed by atoms with Gasteiger partial charge in [-0.15, -0.1) is 0 Å². The summed E-state index contributed by atoms with van der Waals surface area (Å²) < 4.78 is 0. The quantitative estimate of drug-likeness (QED) is 0.847. The van der Waals surface area contributed by atoms with Crippen LogP contribution in [0.25, 0.3) is 0 Å². The Kier molecular flexibility index (Phi) is 3.97. The van der Waals surface area contributed by atoms with E-state index in [1.54, 1.807) is 18.5 Å². The van der Waals surface area contributed by atoms with Crippen molar-refractivity contribution in [3.63, 3.8) is 0 Å². The van der Waals surface area contributed by atoms with Gasteiger partial charge in [-0.2, -0.15) is 0 Å². The fourth-order valence-electron chi connectivity index (χ4n) is 2.10. The van der Waals surface area contributed by atoms with Crippen molar-refractivity contribution in [1.82, 2.24) is 10.3 Å². The summed E-state index contributed by atoms with van der Waals surface area (Å²) in [6, 6.07) is 1.67. The fraction of sp³-hybridized carbons (Fsp3) is 0.500. The van der Waals surface area contributed by atoms with Crippen LogP contribution in [-0.4, -0.2) is 24.0 Å². The molecule has 4 nitrogen and oxygen atoms in total. The molecule has 1 aliphatic heterocycles. The molecule has 0 aliphatic carbocycles. The minimum atomic E-state index is 0.0360. The molecule has 2 N–H and O–H groups in total. The molecule has 0 spiro atoms. The van der Waals surface area contributed by atoms with Gasteiger partial charge in [0.1, 0.15) is 0 Å². The predicted octanol–water partition coefficient (Wildman–Crippen LogP) is 1.92. The number of carbonyl (C=O) groups excluding carboxylic acids is 1. The van der Waals surface area contributed by atoms with E-state index in [0.29, 0.717) is 16.6 Å². The maximum atomic E-state index is 12.1. The summed E-state index contributed by atoms with van der Waals surface area (Å²) >= 11 is 5.98. The van der Waals surface area contributed by atoms with Gasteiger partial charge in [0.2, 0.25) is 5.91 Å². The highest BCUT2D eigenvalue weighted by Gasteiger charge is 2.27. The van der Waals surface area contributed by atoms with E-state index in [9.17, 15) is 4.79 Å². The molecule has 5 heteroatoms. The van der Waals surface area contributed by atoms with Gasteiger partial charge in [-0.1, -0.05) is 18.5 Å². The van der Waals surface area contributed by atoms with Crippen LogP contribution in [0, 0.1) is 11.8 Å². The Morgan fingerprint density at radius 1 is 1.65 bits per heavy atom. The first kappa shape index (κ1) is 12.3. The Bertz CT molecular complexity index is 410. The Morgan fingerprint density at radius 3 is 3.18 bits per heavy atom. The largest absolute Gasteiger partial charge is 0.323 e. The standard InChI is InChI=1S/C12H16ClN3O/c1-8-6-14-4-2-9(8)12(17)16-11-7-15-5-3-10(11)13/h3,5,7-9,14H,2,4,6H2,1H3,(H,16,17). The van der Waals surface area contributed by atoms with Crippen molar-refractivity contribution in [1.29, 1.82) is 0 Å². The minimum absolute atomic E-state index is 0.0360. The number of carbonyl (C=O) groups is 1. The lowest BCUT2D eigenvalue weighted by atomic mass is 9.87. The second kappa shape index (κ2) is 5.47. The molecule has 2 atom stereocenters. The molecule has 0 saturated carbocycles. The van der Waals surface area contributed by atoms with E-state index < -0.39 is 0 Å². The van der Waals surface area contributed by atoms with Crippen LogP contribution in [0.2, 0.25) is 5.02 Å². The zero-order chi connectivity index (χ0) is 12.3. The van der Waals surface area contributed by atoms with Crippen LogP contribution >= 0.6 is 11.6 Å². The van der Waals surface area contributed by atoms with Crippen LogP contribution in [-0.2, 0) is 4.79 Å². The van der Waals surface area contributed by atoms with Crippen LogP contribution in [0.15, 0.2) is 18.5 Å². The van der Waals surface area contributed by atoms with Gasteiger partial charge in [-0.25, -0.2) is 0 Å². The third kappa shape index (κ3) is 2.96. The van der Waals surface area contributed by atoms with Crippen molar-refractivity contribution < 1.29 is 4.79 Å². The highest BCUT2D eigenvalue weighted by Crippen LogP contribution is 2.24. The lowest BCUT2D eigenvalue weighted by molar-refractivity contribution is -0.122. The number of nitrogens with zero attached hydrogens (tertiary/aromatic N) is 1. The van der Waals surface area contributed by atoms with Crippen LogP contribution in [0.1, 0.15) is 13.3 Å². The van der Waals surface area contributed by atoms with E-state index in [1.807, 2.05) is 0 Å². The van der Waals surface area contributed by atoms with Gasteiger partial charge in [0.05, 0.1) is 16.9 Å². The van der Waals surface area contributed by atoms with E-state index in [4.69, 9.17) is 11.6 Å². The molecule has 17 heavy (non-hydrogen) atoms. The number of aromatic nitrogens is 1. The number of anilines is 1. The molecule has 1 fully saturated rings. The minimum Gasteiger partial charge on any atom is -0.323 e. The molecule has 0 radical (unpaired) electrons. The molecule has 1 amide bonds. The van der Waals surface area contributed by atoms with Gasteiger partial charge in [0, 0.05) is 12.1 Å². The average Bonchev–Trinajstić information content (AvgIpc) is 2.32. The van der Waals surface area contributed by atoms with E-state index in [1.165, 1.54) is 0 Å². The van der Waals surface area contributed by atoms with Gasteiger partial charge in [0.25, 0.3) is 0 Å². The molecule has 1 aromatic heterocycles. The Labute approximate surface area is 106 Å². The zero-order valence-electron chi connectivity index (χ0n) is 9.74. The first-order valence-electron chi connectivity index (χ1n) is 5.79. The maximum Gasteiger partial charge on any atom is 0.227 e. The molecule has 1 saturated heterocycles. The van der Waals surface area contributed by atoms with Gasteiger partial charge < -0.3 is 10.6 Å². The third-order valence-corrected chi connectivity index (χ3v) is 3.48. The van der Waals surface area contributed by atoms with Crippen LogP contribution in [0.3, 0.4) is 0 Å². The number of hydrogen-bond donors (Lipinski definition) is 2. The van der Waals surface area contributed by atoms with Gasteiger partial charge in [-0.05, 0) is 31.5 Å². The van der Waals surface area contributed by atoms with Crippen molar-refractivity contribution >= 4 is 23.2 Å². The van der Waals surface area contributed by atoms with E-state index in [0.717, 1.165) is 19.5 Å². The number of amides is 1. The predicted molar refractivity (Wildman–Crippen MR) is 68.0 cm³/mol. The summed E-state index contributed by atoms with van der Waals surface area (Å²) in [6.45, 7) is 3.86. The Hall–Kier alpha value is -1.13.